The Morgan fingerprint density at radius 1 is 1.50 bits per heavy atom. The second kappa shape index (κ2) is 5.55. The van der Waals surface area contributed by atoms with Crippen LogP contribution in [0.25, 0.3) is 0 Å². The van der Waals surface area contributed by atoms with Gasteiger partial charge in [-0.1, -0.05) is 25.1 Å². The second-order valence-corrected chi connectivity index (χ2v) is 4.76. The van der Waals surface area contributed by atoms with Gasteiger partial charge in [0.05, 0.1) is 6.61 Å². The first-order valence-corrected chi connectivity index (χ1v) is 6.29. The van der Waals surface area contributed by atoms with Gasteiger partial charge in [-0.25, -0.2) is 4.98 Å². The van der Waals surface area contributed by atoms with Crippen molar-refractivity contribution in [2.75, 3.05) is 13.7 Å². The largest absolute Gasteiger partial charge is 0.384 e. The molecule has 1 aliphatic rings. The molecule has 1 aliphatic carbocycles. The number of H-pyrrole nitrogens is 1. The number of rotatable bonds is 4. The SMILES string of the molecule is COCCc1nc(=S)cc(C2CCCC2)[nH]1. The van der Waals surface area contributed by atoms with E-state index in [2.05, 4.69) is 9.97 Å². The van der Waals surface area contributed by atoms with Gasteiger partial charge in [0.2, 0.25) is 0 Å². The van der Waals surface area contributed by atoms with E-state index in [1.54, 1.807) is 7.11 Å². The van der Waals surface area contributed by atoms with Gasteiger partial charge in [0.15, 0.2) is 0 Å². The Kier molecular flexibility index (Phi) is 4.07. The first kappa shape index (κ1) is 11.7. The fourth-order valence-corrected chi connectivity index (χ4v) is 2.54. The van der Waals surface area contributed by atoms with Crippen LogP contribution in [0.1, 0.15) is 43.1 Å². The number of hydrogen-bond donors (Lipinski definition) is 1. The number of aromatic amines is 1. The lowest BCUT2D eigenvalue weighted by Gasteiger charge is -2.11. The van der Waals surface area contributed by atoms with E-state index in [1.165, 1.54) is 31.4 Å². The molecular weight excluding hydrogens is 220 g/mol. The van der Waals surface area contributed by atoms with Crippen molar-refractivity contribution in [3.05, 3.63) is 22.2 Å². The van der Waals surface area contributed by atoms with Crippen LogP contribution in [0.15, 0.2) is 6.07 Å². The van der Waals surface area contributed by atoms with E-state index in [0.717, 1.165) is 12.2 Å². The monoisotopic (exact) mass is 238 g/mol. The number of ether oxygens (including phenoxy) is 1. The molecule has 1 fully saturated rings. The molecule has 0 amide bonds. The Morgan fingerprint density at radius 3 is 2.94 bits per heavy atom. The lowest BCUT2D eigenvalue weighted by atomic mass is 10.0. The molecule has 0 bridgehead atoms. The number of aromatic nitrogens is 2. The number of hydrogen-bond acceptors (Lipinski definition) is 3. The summed E-state index contributed by atoms with van der Waals surface area (Å²) in [6.07, 6.45) is 6.03. The van der Waals surface area contributed by atoms with Crippen LogP contribution in [0.5, 0.6) is 0 Å². The highest BCUT2D eigenvalue weighted by atomic mass is 32.1. The minimum Gasteiger partial charge on any atom is -0.384 e. The summed E-state index contributed by atoms with van der Waals surface area (Å²) in [5.41, 5.74) is 1.27. The van der Waals surface area contributed by atoms with E-state index in [0.29, 0.717) is 17.2 Å². The third-order valence-corrected chi connectivity index (χ3v) is 3.36. The quantitative estimate of drug-likeness (QED) is 0.819. The van der Waals surface area contributed by atoms with Crippen molar-refractivity contribution in [3.63, 3.8) is 0 Å². The molecular formula is C12H18N2OS. The maximum Gasteiger partial charge on any atom is 0.129 e. The highest BCUT2D eigenvalue weighted by Crippen LogP contribution is 2.32. The zero-order chi connectivity index (χ0) is 11.4. The zero-order valence-corrected chi connectivity index (χ0v) is 10.5. The molecule has 1 saturated carbocycles. The van der Waals surface area contributed by atoms with Gasteiger partial charge in [-0.2, -0.15) is 0 Å². The van der Waals surface area contributed by atoms with Crippen LogP contribution in [-0.4, -0.2) is 23.7 Å². The standard InChI is InChI=1S/C12H18N2OS/c1-15-7-6-11-13-10(8-12(16)14-11)9-4-2-3-5-9/h8-9H,2-7H2,1H3,(H,13,14,16). The first-order valence-electron chi connectivity index (χ1n) is 5.88. The molecule has 88 valence electrons. The van der Waals surface area contributed by atoms with Gasteiger partial charge in [-0.15, -0.1) is 0 Å². The van der Waals surface area contributed by atoms with Crippen LogP contribution in [0.2, 0.25) is 0 Å². The second-order valence-electron chi connectivity index (χ2n) is 4.35. The maximum atomic E-state index is 5.20. The molecule has 4 heteroatoms. The van der Waals surface area contributed by atoms with Crippen molar-refractivity contribution in [2.24, 2.45) is 0 Å². The van der Waals surface area contributed by atoms with Gasteiger partial charge >= 0.3 is 0 Å². The predicted molar refractivity (Wildman–Crippen MR) is 66.2 cm³/mol. The Labute approximate surface area is 101 Å². The van der Waals surface area contributed by atoms with E-state index in [-0.39, 0.29) is 0 Å². The van der Waals surface area contributed by atoms with Crippen LogP contribution >= 0.6 is 12.2 Å². The molecule has 0 aliphatic heterocycles. The van der Waals surface area contributed by atoms with E-state index in [1.807, 2.05) is 6.07 Å². The summed E-state index contributed by atoms with van der Waals surface area (Å²) in [5, 5.41) is 0. The van der Waals surface area contributed by atoms with Crippen molar-refractivity contribution in [1.29, 1.82) is 0 Å². The van der Waals surface area contributed by atoms with Crippen molar-refractivity contribution < 1.29 is 4.74 Å². The summed E-state index contributed by atoms with van der Waals surface area (Å²) in [7, 11) is 1.70. The maximum absolute atomic E-state index is 5.20. The van der Waals surface area contributed by atoms with Crippen molar-refractivity contribution >= 4 is 12.2 Å². The van der Waals surface area contributed by atoms with Crippen molar-refractivity contribution in [1.82, 2.24) is 9.97 Å². The molecule has 1 heterocycles. The van der Waals surface area contributed by atoms with Crippen LogP contribution in [-0.2, 0) is 11.2 Å². The lowest BCUT2D eigenvalue weighted by molar-refractivity contribution is 0.200. The van der Waals surface area contributed by atoms with Gasteiger partial charge in [-0.05, 0) is 24.8 Å². The minimum absolute atomic E-state index is 0.658. The summed E-state index contributed by atoms with van der Waals surface area (Å²) in [6, 6.07) is 2.02. The third-order valence-electron chi connectivity index (χ3n) is 3.15. The Balaban J connectivity index is 2.17. The van der Waals surface area contributed by atoms with Gasteiger partial charge in [-0.3, -0.25) is 0 Å². The average molecular weight is 238 g/mol. The summed E-state index contributed by atoms with van der Waals surface area (Å²) in [6.45, 7) is 0.687. The fraction of sp³-hybridized carbons (Fsp3) is 0.667. The van der Waals surface area contributed by atoms with E-state index in [9.17, 15) is 0 Å². The molecule has 0 atom stereocenters. The molecule has 3 nitrogen and oxygen atoms in total. The molecule has 0 radical (unpaired) electrons. The Morgan fingerprint density at radius 2 is 2.25 bits per heavy atom. The molecule has 1 aromatic rings. The van der Waals surface area contributed by atoms with Crippen LogP contribution in [0.4, 0.5) is 0 Å². The number of nitrogens with one attached hydrogen (secondary N) is 1. The van der Waals surface area contributed by atoms with E-state index >= 15 is 0 Å². The van der Waals surface area contributed by atoms with Crippen LogP contribution in [0.3, 0.4) is 0 Å². The average Bonchev–Trinajstić information content (AvgIpc) is 2.79. The fourth-order valence-electron chi connectivity index (χ4n) is 2.30. The van der Waals surface area contributed by atoms with Gasteiger partial charge in [0.1, 0.15) is 10.5 Å². The molecule has 0 saturated heterocycles. The van der Waals surface area contributed by atoms with Gasteiger partial charge < -0.3 is 9.72 Å². The third kappa shape index (κ3) is 2.89. The zero-order valence-electron chi connectivity index (χ0n) is 9.66. The highest BCUT2D eigenvalue weighted by molar-refractivity contribution is 7.71. The molecule has 2 rings (SSSR count). The Bertz CT molecular complexity index is 396. The minimum atomic E-state index is 0.658. The van der Waals surface area contributed by atoms with Gasteiger partial charge in [0, 0.05) is 19.2 Å². The van der Waals surface area contributed by atoms with Gasteiger partial charge in [0.25, 0.3) is 0 Å². The molecule has 0 spiro atoms. The summed E-state index contributed by atoms with van der Waals surface area (Å²) >= 11 is 5.20. The van der Waals surface area contributed by atoms with Crippen molar-refractivity contribution in [2.45, 2.75) is 38.0 Å². The molecule has 0 unspecified atom stereocenters. The molecule has 1 N–H and O–H groups in total. The predicted octanol–water partition coefficient (Wildman–Crippen LogP) is 2.99. The summed E-state index contributed by atoms with van der Waals surface area (Å²) in [5.74, 6) is 1.61. The summed E-state index contributed by atoms with van der Waals surface area (Å²) in [4.78, 5) is 7.73. The van der Waals surface area contributed by atoms with E-state index in [4.69, 9.17) is 17.0 Å². The molecule has 16 heavy (non-hydrogen) atoms. The smallest absolute Gasteiger partial charge is 0.129 e. The first-order chi connectivity index (χ1) is 7.79. The van der Waals surface area contributed by atoms with Crippen LogP contribution in [0, 0.1) is 4.64 Å². The highest BCUT2D eigenvalue weighted by Gasteiger charge is 2.18. The van der Waals surface area contributed by atoms with E-state index < -0.39 is 0 Å². The van der Waals surface area contributed by atoms with Crippen LogP contribution < -0.4 is 0 Å². The molecule has 1 aromatic heterocycles. The Hall–Kier alpha value is -0.740. The number of nitrogens with zero attached hydrogens (tertiary/aromatic N) is 1. The molecule has 0 aromatic carbocycles. The topological polar surface area (TPSA) is 37.9 Å². The normalized spacial score (nSPS) is 16.8. The lowest BCUT2D eigenvalue weighted by Crippen LogP contribution is -2.05. The van der Waals surface area contributed by atoms with Crippen molar-refractivity contribution in [3.8, 4) is 0 Å². The number of methoxy groups -OCH3 is 1. The summed E-state index contributed by atoms with van der Waals surface area (Å²) < 4.78 is 5.76.